The highest BCUT2D eigenvalue weighted by Crippen LogP contribution is 2.44. The third kappa shape index (κ3) is 3.62. The van der Waals surface area contributed by atoms with Gasteiger partial charge in [-0.05, 0) is 40.6 Å². The van der Waals surface area contributed by atoms with Crippen LogP contribution in [-0.2, 0) is 9.53 Å². The van der Waals surface area contributed by atoms with E-state index >= 15 is 0 Å². The van der Waals surface area contributed by atoms with Gasteiger partial charge in [0.1, 0.15) is 12.6 Å². The second kappa shape index (κ2) is 7.85. The molecule has 0 heterocycles. The number of carbonyl (C=O) groups excluding carboxylic acids is 1. The fraction of sp³-hybridized carbons (Fsp3) is 0.333. The van der Waals surface area contributed by atoms with Crippen LogP contribution in [-0.4, -0.2) is 47.3 Å². The largest absolute Gasteiger partial charge is 0.480 e. The first-order valence-electron chi connectivity index (χ1n) is 9.48. The van der Waals surface area contributed by atoms with E-state index in [-0.39, 0.29) is 25.1 Å². The van der Waals surface area contributed by atoms with Gasteiger partial charge in [-0.25, -0.2) is 9.59 Å². The molecular formula is C21H20N4O4. The van der Waals surface area contributed by atoms with Gasteiger partial charge < -0.3 is 9.84 Å². The Kier molecular flexibility index (Phi) is 5.10. The predicted octanol–water partition coefficient (Wildman–Crippen LogP) is 4.16. The maximum absolute atomic E-state index is 12.8. The van der Waals surface area contributed by atoms with E-state index in [0.717, 1.165) is 22.3 Å². The molecule has 2 aromatic carbocycles. The van der Waals surface area contributed by atoms with E-state index in [4.69, 9.17) is 10.3 Å². The van der Waals surface area contributed by atoms with Crippen LogP contribution >= 0.6 is 0 Å². The molecule has 1 atom stereocenters. The van der Waals surface area contributed by atoms with Crippen LogP contribution in [0.25, 0.3) is 21.6 Å². The minimum atomic E-state index is -1.23. The lowest BCUT2D eigenvalue weighted by atomic mass is 9.98. The molecule has 0 spiro atoms. The molecular weight excluding hydrogens is 372 g/mol. The van der Waals surface area contributed by atoms with Gasteiger partial charge in [0.2, 0.25) is 0 Å². The standard InChI is InChI=1S/C21H20N4O4/c22-24-23-11-19(20(26)27)25(13-9-10-13)21(28)29-12-18-16-7-3-1-5-14(16)15-6-2-4-8-17(15)18/h1-8,13,18-19H,9-12H2,(H,26,27). The molecule has 1 unspecified atom stereocenters. The number of ether oxygens (including phenoxy) is 1. The first-order chi connectivity index (χ1) is 14.1. The van der Waals surface area contributed by atoms with Crippen molar-refractivity contribution in [1.29, 1.82) is 0 Å². The molecule has 0 radical (unpaired) electrons. The van der Waals surface area contributed by atoms with E-state index in [1.165, 1.54) is 4.90 Å². The summed E-state index contributed by atoms with van der Waals surface area (Å²) in [5.41, 5.74) is 12.9. The van der Waals surface area contributed by atoms with Crippen LogP contribution in [0.3, 0.4) is 0 Å². The Balaban J connectivity index is 1.54. The average molecular weight is 392 g/mol. The lowest BCUT2D eigenvalue weighted by molar-refractivity contribution is -0.142. The van der Waals surface area contributed by atoms with Gasteiger partial charge in [-0.1, -0.05) is 53.6 Å². The number of amides is 1. The summed E-state index contributed by atoms with van der Waals surface area (Å²) in [6.07, 6.45) is 0.740. The summed E-state index contributed by atoms with van der Waals surface area (Å²) in [6.45, 7) is -0.212. The van der Waals surface area contributed by atoms with Gasteiger partial charge >= 0.3 is 12.1 Å². The Hall–Kier alpha value is -3.51. The minimum absolute atomic E-state index is 0.104. The molecule has 29 heavy (non-hydrogen) atoms. The number of aliphatic carboxylic acids is 1. The van der Waals surface area contributed by atoms with Crippen molar-refractivity contribution in [2.24, 2.45) is 5.11 Å². The van der Waals surface area contributed by atoms with Gasteiger partial charge in [-0.15, -0.1) is 0 Å². The number of hydrogen-bond acceptors (Lipinski definition) is 4. The third-order valence-electron chi connectivity index (χ3n) is 5.43. The zero-order valence-corrected chi connectivity index (χ0v) is 15.6. The number of carboxylic acids is 1. The van der Waals surface area contributed by atoms with Crippen LogP contribution in [0.4, 0.5) is 4.79 Å². The molecule has 1 N–H and O–H groups in total. The van der Waals surface area contributed by atoms with Crippen molar-refractivity contribution in [3.63, 3.8) is 0 Å². The highest BCUT2D eigenvalue weighted by molar-refractivity contribution is 5.81. The Morgan fingerprint density at radius 2 is 1.72 bits per heavy atom. The molecule has 1 amide bonds. The molecule has 0 aliphatic heterocycles. The lowest BCUT2D eigenvalue weighted by Crippen LogP contribution is -2.48. The molecule has 2 aliphatic carbocycles. The van der Waals surface area contributed by atoms with E-state index < -0.39 is 18.1 Å². The number of nitrogens with zero attached hydrogens (tertiary/aromatic N) is 4. The number of carboxylic acid groups (broad SMARTS) is 1. The molecule has 4 rings (SSSR count). The predicted molar refractivity (Wildman–Crippen MR) is 105 cm³/mol. The Morgan fingerprint density at radius 1 is 1.14 bits per heavy atom. The summed E-state index contributed by atoms with van der Waals surface area (Å²) >= 11 is 0. The van der Waals surface area contributed by atoms with Gasteiger partial charge in [0, 0.05) is 16.9 Å². The van der Waals surface area contributed by atoms with Crippen molar-refractivity contribution in [3.8, 4) is 11.1 Å². The maximum Gasteiger partial charge on any atom is 0.410 e. The normalized spacial score (nSPS) is 15.6. The Morgan fingerprint density at radius 3 is 2.24 bits per heavy atom. The third-order valence-corrected chi connectivity index (χ3v) is 5.43. The molecule has 2 aromatic rings. The topological polar surface area (TPSA) is 116 Å². The van der Waals surface area contributed by atoms with Gasteiger partial charge in [-0.2, -0.15) is 0 Å². The summed E-state index contributed by atoms with van der Waals surface area (Å²) in [5, 5.41) is 12.9. The van der Waals surface area contributed by atoms with Crippen LogP contribution in [0.15, 0.2) is 53.6 Å². The van der Waals surface area contributed by atoms with Crippen molar-refractivity contribution < 1.29 is 19.4 Å². The highest BCUT2D eigenvalue weighted by atomic mass is 16.6. The Labute approximate surface area is 167 Å². The van der Waals surface area contributed by atoms with Crippen LogP contribution in [0.1, 0.15) is 29.9 Å². The number of hydrogen-bond donors (Lipinski definition) is 1. The van der Waals surface area contributed by atoms with E-state index in [9.17, 15) is 14.7 Å². The first kappa shape index (κ1) is 18.8. The van der Waals surface area contributed by atoms with Gasteiger partial charge in [0.15, 0.2) is 0 Å². The summed E-state index contributed by atoms with van der Waals surface area (Å²) in [4.78, 5) is 28.3. The van der Waals surface area contributed by atoms with Gasteiger partial charge in [-0.3, -0.25) is 4.90 Å². The maximum atomic E-state index is 12.8. The number of azide groups is 1. The SMILES string of the molecule is [N-]=[N+]=NCC(C(=O)O)N(C(=O)OCC1c2ccccc2-c2ccccc21)C1CC1. The molecule has 1 saturated carbocycles. The average Bonchev–Trinajstić information content (AvgIpc) is 3.51. The van der Waals surface area contributed by atoms with E-state index in [1.807, 2.05) is 48.5 Å². The van der Waals surface area contributed by atoms with E-state index in [0.29, 0.717) is 12.8 Å². The number of rotatable bonds is 7. The number of fused-ring (bicyclic) bond motifs is 3. The molecule has 8 heteroatoms. The summed E-state index contributed by atoms with van der Waals surface area (Å²) < 4.78 is 5.60. The molecule has 8 nitrogen and oxygen atoms in total. The molecule has 148 valence electrons. The molecule has 0 bridgehead atoms. The van der Waals surface area contributed by atoms with E-state index in [1.54, 1.807) is 0 Å². The van der Waals surface area contributed by atoms with Crippen LogP contribution in [0.5, 0.6) is 0 Å². The zero-order valence-electron chi connectivity index (χ0n) is 15.6. The summed E-state index contributed by atoms with van der Waals surface area (Å²) in [7, 11) is 0. The molecule has 0 saturated heterocycles. The van der Waals surface area contributed by atoms with Crippen molar-refractivity contribution in [2.75, 3.05) is 13.2 Å². The number of carbonyl (C=O) groups is 2. The molecule has 0 aromatic heterocycles. The molecule has 1 fully saturated rings. The van der Waals surface area contributed by atoms with Crippen molar-refractivity contribution >= 4 is 12.1 Å². The first-order valence-corrected chi connectivity index (χ1v) is 9.48. The minimum Gasteiger partial charge on any atom is -0.480 e. The summed E-state index contributed by atoms with van der Waals surface area (Å²) in [6, 6.07) is 14.6. The highest BCUT2D eigenvalue weighted by Gasteiger charge is 2.42. The van der Waals surface area contributed by atoms with Crippen molar-refractivity contribution in [1.82, 2.24) is 4.90 Å². The lowest BCUT2D eigenvalue weighted by Gasteiger charge is -2.28. The van der Waals surface area contributed by atoms with Gasteiger partial charge in [0.05, 0.1) is 6.54 Å². The second-order valence-electron chi connectivity index (χ2n) is 7.21. The monoisotopic (exact) mass is 392 g/mol. The van der Waals surface area contributed by atoms with Crippen LogP contribution < -0.4 is 0 Å². The van der Waals surface area contributed by atoms with E-state index in [2.05, 4.69) is 10.0 Å². The smallest absolute Gasteiger partial charge is 0.410 e. The van der Waals surface area contributed by atoms with Crippen LogP contribution in [0.2, 0.25) is 0 Å². The van der Waals surface area contributed by atoms with Gasteiger partial charge in [0.25, 0.3) is 0 Å². The zero-order chi connectivity index (χ0) is 20.4. The second-order valence-corrected chi connectivity index (χ2v) is 7.21. The van der Waals surface area contributed by atoms with Crippen molar-refractivity contribution in [2.45, 2.75) is 30.8 Å². The Bertz CT molecular complexity index is 952. The van der Waals surface area contributed by atoms with Crippen LogP contribution in [0, 0.1) is 0 Å². The van der Waals surface area contributed by atoms with Crippen molar-refractivity contribution in [3.05, 3.63) is 70.1 Å². The summed E-state index contributed by atoms with van der Waals surface area (Å²) in [5.74, 6) is -1.31. The number of benzene rings is 2. The quantitative estimate of drug-likeness (QED) is 0.432. The molecule has 2 aliphatic rings. The fourth-order valence-corrected chi connectivity index (χ4v) is 3.95. The fourth-order valence-electron chi connectivity index (χ4n) is 3.95.